The number of nitrogens with zero attached hydrogens (tertiary/aromatic N) is 5. The maximum absolute atomic E-state index is 12.6. The third-order valence-electron chi connectivity index (χ3n) is 6.40. The number of hydrogen-bond acceptors (Lipinski definition) is 7. The maximum atomic E-state index is 12.6. The number of likely N-dealkylation sites (N-methyl/N-ethyl adjacent to an activating group) is 2. The lowest BCUT2D eigenvalue weighted by atomic mass is 10.1. The Morgan fingerprint density at radius 1 is 1.18 bits per heavy atom. The number of halogens is 1. The summed E-state index contributed by atoms with van der Waals surface area (Å²) in [5.41, 5.74) is 4.58. The number of ether oxygens (including phenoxy) is 1. The molecule has 0 radical (unpaired) electrons. The van der Waals surface area contributed by atoms with E-state index in [0.717, 1.165) is 35.2 Å². The fourth-order valence-corrected chi connectivity index (χ4v) is 4.51. The van der Waals surface area contributed by atoms with Crippen LogP contribution in [0.4, 0.5) is 23.0 Å². The summed E-state index contributed by atoms with van der Waals surface area (Å²) >= 11 is 6.58. The number of rotatable bonds is 11. The van der Waals surface area contributed by atoms with E-state index in [1.165, 1.54) is 6.08 Å². The van der Waals surface area contributed by atoms with E-state index in [4.69, 9.17) is 21.3 Å². The number of hydrogen-bond donors (Lipinski definition) is 2. The average Bonchev–Trinajstić information content (AvgIpc) is 3.27. The molecule has 10 heteroatoms. The van der Waals surface area contributed by atoms with Gasteiger partial charge in [-0.15, -0.1) is 0 Å². The van der Waals surface area contributed by atoms with Gasteiger partial charge in [0.05, 0.1) is 41.1 Å². The van der Waals surface area contributed by atoms with Gasteiger partial charge in [0.1, 0.15) is 5.75 Å². The van der Waals surface area contributed by atoms with Gasteiger partial charge in [-0.2, -0.15) is 0 Å². The Labute approximate surface area is 239 Å². The fourth-order valence-electron chi connectivity index (χ4n) is 4.32. The second-order valence-corrected chi connectivity index (χ2v) is 9.97. The molecule has 0 aliphatic carbocycles. The minimum absolute atomic E-state index is 0.278. The molecule has 2 aromatic carbocycles. The molecular formula is C30H34ClN7O2. The molecule has 4 rings (SSSR count). The van der Waals surface area contributed by atoms with Crippen LogP contribution in [0.25, 0.3) is 22.2 Å². The van der Waals surface area contributed by atoms with Crippen LogP contribution in [0, 0.1) is 0 Å². The molecular weight excluding hydrogens is 526 g/mol. The van der Waals surface area contributed by atoms with Crippen molar-refractivity contribution in [1.29, 1.82) is 0 Å². The predicted octanol–water partition coefficient (Wildman–Crippen LogP) is 5.72. The van der Waals surface area contributed by atoms with E-state index < -0.39 is 0 Å². The van der Waals surface area contributed by atoms with Crippen molar-refractivity contribution in [2.45, 2.75) is 0 Å². The molecule has 0 atom stereocenters. The molecule has 2 aromatic heterocycles. The van der Waals surface area contributed by atoms with E-state index in [1.54, 1.807) is 25.5 Å². The molecule has 2 N–H and O–H groups in total. The Kier molecular flexibility index (Phi) is 9.08. The first-order chi connectivity index (χ1) is 19.2. The molecule has 0 spiro atoms. The van der Waals surface area contributed by atoms with Crippen molar-refractivity contribution in [1.82, 2.24) is 19.4 Å². The van der Waals surface area contributed by atoms with Crippen LogP contribution in [0.5, 0.6) is 5.75 Å². The number of methoxy groups -OCH3 is 1. The van der Waals surface area contributed by atoms with Gasteiger partial charge < -0.3 is 29.7 Å². The van der Waals surface area contributed by atoms with Crippen LogP contribution < -0.4 is 20.3 Å². The maximum Gasteiger partial charge on any atom is 0.248 e. The zero-order valence-corrected chi connectivity index (χ0v) is 24.2. The molecule has 4 aromatic rings. The number of fused-ring (bicyclic) bond motifs is 1. The topological polar surface area (TPSA) is 87.5 Å². The molecule has 0 aliphatic heterocycles. The molecule has 2 heterocycles. The van der Waals surface area contributed by atoms with Crippen molar-refractivity contribution in [2.24, 2.45) is 7.05 Å². The van der Waals surface area contributed by atoms with Crippen molar-refractivity contribution >= 4 is 51.4 Å². The number of allylic oxidation sites excluding steroid dienone is 2. The van der Waals surface area contributed by atoms with Crippen molar-refractivity contribution in [3.05, 3.63) is 78.6 Å². The van der Waals surface area contributed by atoms with Crippen LogP contribution in [0.15, 0.2) is 73.6 Å². The summed E-state index contributed by atoms with van der Waals surface area (Å²) in [5, 5.41) is 7.71. The van der Waals surface area contributed by atoms with Gasteiger partial charge in [0.25, 0.3) is 0 Å². The standard InChI is InChI=1S/C30H34ClN7O2/c1-7-8-13-28(39)33-23-16-24(27(40-6)17-26(23)37(4)15-14-36(2)3)34-30-32-18-22(31)29(35-30)21-19-38(5)25-12-10-9-11-20(21)25/h7-13,16-19H,1,14-15H2,2-6H3,(H,33,39)(H,32,34,35)/b13-8-. The van der Waals surface area contributed by atoms with E-state index in [9.17, 15) is 4.79 Å². The lowest BCUT2D eigenvalue weighted by molar-refractivity contribution is -0.111. The summed E-state index contributed by atoms with van der Waals surface area (Å²) in [5.74, 6) is 0.624. The first-order valence-electron chi connectivity index (χ1n) is 12.7. The number of aryl methyl sites for hydroxylation is 1. The molecule has 208 valence electrons. The zero-order valence-electron chi connectivity index (χ0n) is 23.4. The van der Waals surface area contributed by atoms with E-state index >= 15 is 0 Å². The SMILES string of the molecule is C=C/C=C\C(=O)Nc1cc(Nc2ncc(Cl)c(-c3cn(C)c4ccccc34)n2)c(OC)cc1N(C)CCN(C)C. The molecule has 0 saturated carbocycles. The number of benzene rings is 2. The van der Waals surface area contributed by atoms with E-state index in [1.807, 2.05) is 69.3 Å². The second-order valence-electron chi connectivity index (χ2n) is 9.56. The van der Waals surface area contributed by atoms with Gasteiger partial charge in [-0.1, -0.05) is 48.5 Å². The fraction of sp³-hybridized carbons (Fsp3) is 0.233. The van der Waals surface area contributed by atoms with Gasteiger partial charge in [-0.25, -0.2) is 9.97 Å². The average molecular weight is 560 g/mol. The zero-order chi connectivity index (χ0) is 28.8. The third-order valence-corrected chi connectivity index (χ3v) is 6.67. The number of nitrogens with one attached hydrogen (secondary N) is 2. The minimum Gasteiger partial charge on any atom is -0.494 e. The van der Waals surface area contributed by atoms with E-state index in [0.29, 0.717) is 33.8 Å². The van der Waals surface area contributed by atoms with Gasteiger partial charge in [0, 0.05) is 62.0 Å². The predicted molar refractivity (Wildman–Crippen MR) is 165 cm³/mol. The molecule has 40 heavy (non-hydrogen) atoms. The van der Waals surface area contributed by atoms with E-state index in [2.05, 4.69) is 38.1 Å². The van der Waals surface area contributed by atoms with E-state index in [-0.39, 0.29) is 5.91 Å². The first-order valence-corrected chi connectivity index (χ1v) is 13.1. The highest BCUT2D eigenvalue weighted by molar-refractivity contribution is 6.33. The van der Waals surface area contributed by atoms with Gasteiger partial charge in [-0.05, 0) is 26.2 Å². The third kappa shape index (κ3) is 6.44. The largest absolute Gasteiger partial charge is 0.494 e. The van der Waals surface area contributed by atoms with Crippen LogP contribution in [-0.2, 0) is 11.8 Å². The summed E-state index contributed by atoms with van der Waals surface area (Å²) in [7, 11) is 9.59. The van der Waals surface area contributed by atoms with Gasteiger partial charge in [0.2, 0.25) is 11.9 Å². The Morgan fingerprint density at radius 2 is 1.95 bits per heavy atom. The van der Waals surface area contributed by atoms with Crippen molar-refractivity contribution in [3.63, 3.8) is 0 Å². The summed E-state index contributed by atoms with van der Waals surface area (Å²) < 4.78 is 7.78. The second kappa shape index (κ2) is 12.7. The monoisotopic (exact) mass is 559 g/mol. The molecule has 0 bridgehead atoms. The smallest absolute Gasteiger partial charge is 0.248 e. The normalized spacial score (nSPS) is 11.3. The Balaban J connectivity index is 1.74. The van der Waals surface area contributed by atoms with Gasteiger partial charge >= 0.3 is 0 Å². The first kappa shape index (κ1) is 28.7. The van der Waals surface area contributed by atoms with Crippen LogP contribution in [0.3, 0.4) is 0 Å². The highest BCUT2D eigenvalue weighted by Gasteiger charge is 2.18. The number of anilines is 4. The molecule has 0 fully saturated rings. The summed E-state index contributed by atoms with van der Waals surface area (Å²) in [4.78, 5) is 26.0. The summed E-state index contributed by atoms with van der Waals surface area (Å²) in [6.07, 6.45) is 8.14. The lowest BCUT2D eigenvalue weighted by Crippen LogP contribution is -2.29. The highest BCUT2D eigenvalue weighted by atomic mass is 35.5. The highest BCUT2D eigenvalue weighted by Crippen LogP contribution is 2.39. The molecule has 0 unspecified atom stereocenters. The number of amides is 1. The number of para-hydroxylation sites is 1. The molecule has 9 nitrogen and oxygen atoms in total. The summed E-state index contributed by atoms with van der Waals surface area (Å²) in [6.45, 7) is 5.20. The van der Waals surface area contributed by atoms with Crippen molar-refractivity contribution < 1.29 is 9.53 Å². The van der Waals surface area contributed by atoms with Gasteiger partial charge in [-0.3, -0.25) is 4.79 Å². The van der Waals surface area contributed by atoms with Gasteiger partial charge in [0.15, 0.2) is 0 Å². The minimum atomic E-state index is -0.278. The molecule has 1 amide bonds. The lowest BCUT2D eigenvalue weighted by Gasteiger charge is -2.26. The quantitative estimate of drug-likeness (QED) is 0.179. The van der Waals surface area contributed by atoms with Crippen molar-refractivity contribution in [3.8, 4) is 17.0 Å². The number of aromatic nitrogens is 3. The molecule has 0 aliphatic rings. The van der Waals surface area contributed by atoms with Crippen LogP contribution in [-0.4, -0.2) is 66.7 Å². The Hall–Kier alpha value is -4.34. The molecule has 0 saturated heterocycles. The van der Waals surface area contributed by atoms with Crippen molar-refractivity contribution in [2.75, 3.05) is 56.9 Å². The Bertz CT molecular complexity index is 1560. The van der Waals surface area contributed by atoms with Crippen LogP contribution >= 0.6 is 11.6 Å². The number of carbonyl (C=O) groups excluding carboxylic acids is 1. The Morgan fingerprint density at radius 3 is 2.67 bits per heavy atom. The summed E-state index contributed by atoms with van der Waals surface area (Å²) in [6, 6.07) is 11.8. The van der Waals surface area contributed by atoms with Crippen LogP contribution in [0.2, 0.25) is 5.02 Å². The van der Waals surface area contributed by atoms with Crippen LogP contribution in [0.1, 0.15) is 0 Å². The number of carbonyl (C=O) groups is 1.